The van der Waals surface area contributed by atoms with Gasteiger partial charge >= 0.3 is 0 Å². The number of pyridine rings is 1. The van der Waals surface area contributed by atoms with Gasteiger partial charge < -0.3 is 4.90 Å². The van der Waals surface area contributed by atoms with E-state index in [0.717, 1.165) is 22.7 Å². The highest BCUT2D eigenvalue weighted by molar-refractivity contribution is 7.09. The van der Waals surface area contributed by atoms with Gasteiger partial charge in [-0.2, -0.15) is 5.26 Å². The van der Waals surface area contributed by atoms with Crippen molar-refractivity contribution >= 4 is 28.8 Å². The van der Waals surface area contributed by atoms with Gasteiger partial charge in [-0.3, -0.25) is 4.57 Å². The zero-order valence-corrected chi connectivity index (χ0v) is 12.6. The Labute approximate surface area is 125 Å². The van der Waals surface area contributed by atoms with E-state index in [0.29, 0.717) is 5.15 Å². The highest BCUT2D eigenvalue weighted by Crippen LogP contribution is 2.39. The molecule has 0 bridgehead atoms. The van der Waals surface area contributed by atoms with Gasteiger partial charge in [0.25, 0.3) is 0 Å². The lowest BCUT2D eigenvalue weighted by Crippen LogP contribution is -2.45. The van der Waals surface area contributed by atoms with Gasteiger partial charge in [-0.25, -0.2) is 4.98 Å². The molecule has 3 heterocycles. The first-order chi connectivity index (χ1) is 9.61. The van der Waals surface area contributed by atoms with Crippen LogP contribution in [0.1, 0.15) is 23.5 Å². The molecule has 0 fully saturated rings. The molecule has 3 rings (SSSR count). The molecular weight excluding hydrogens is 294 g/mol. The van der Waals surface area contributed by atoms with Crippen molar-refractivity contribution in [1.82, 2.24) is 9.55 Å². The highest BCUT2D eigenvalue weighted by atomic mass is 35.5. The van der Waals surface area contributed by atoms with Gasteiger partial charge in [0, 0.05) is 17.6 Å². The standard InChI is InChI=1S/C13H12ClN5S/c1-8-12-18(6-10-3-4-11(14)16-5-10)9(2)19(12)13(20-8)17-7-15/h3-5,9H,6H2,1-2H3. The van der Waals surface area contributed by atoms with Crippen LogP contribution in [0.2, 0.25) is 5.15 Å². The summed E-state index contributed by atoms with van der Waals surface area (Å²) in [5.41, 5.74) is 1.11. The Morgan fingerprint density at radius 1 is 1.55 bits per heavy atom. The molecule has 0 spiro atoms. The normalized spacial score (nSPS) is 17.6. The second kappa shape index (κ2) is 4.93. The minimum atomic E-state index is 0.192. The fraction of sp³-hybridized carbons (Fsp3) is 0.308. The van der Waals surface area contributed by atoms with E-state index in [-0.39, 0.29) is 6.17 Å². The van der Waals surface area contributed by atoms with Crippen LogP contribution in [0.15, 0.2) is 23.3 Å². The number of fused-ring (bicyclic) bond motifs is 1. The minimum Gasteiger partial charge on any atom is -0.332 e. The molecule has 2 aromatic heterocycles. The Morgan fingerprint density at radius 2 is 2.35 bits per heavy atom. The van der Waals surface area contributed by atoms with Crippen LogP contribution in [0.4, 0.5) is 5.82 Å². The van der Waals surface area contributed by atoms with Gasteiger partial charge in [0.05, 0.1) is 0 Å². The second-order valence-electron chi connectivity index (χ2n) is 4.60. The SMILES string of the molecule is Cc1sc(=NC#N)n2c1N(Cc1ccc(Cl)nc1)C2C. The molecule has 102 valence electrons. The molecule has 0 aromatic carbocycles. The summed E-state index contributed by atoms with van der Waals surface area (Å²) < 4.78 is 2.09. The maximum Gasteiger partial charge on any atom is 0.208 e. The quantitative estimate of drug-likeness (QED) is 0.633. The summed E-state index contributed by atoms with van der Waals surface area (Å²) in [6, 6.07) is 3.78. The van der Waals surface area contributed by atoms with Crippen LogP contribution in [0, 0.1) is 18.4 Å². The van der Waals surface area contributed by atoms with Gasteiger partial charge in [0.2, 0.25) is 11.0 Å². The summed E-state index contributed by atoms with van der Waals surface area (Å²) in [7, 11) is 0. The number of aromatic nitrogens is 2. The number of anilines is 1. The van der Waals surface area contributed by atoms with Crippen molar-refractivity contribution in [3.8, 4) is 6.19 Å². The second-order valence-corrected chi connectivity index (χ2v) is 6.16. The fourth-order valence-corrected chi connectivity index (χ4v) is 3.57. The van der Waals surface area contributed by atoms with Crippen molar-refractivity contribution in [2.45, 2.75) is 26.6 Å². The molecule has 5 nitrogen and oxygen atoms in total. The maximum atomic E-state index is 8.72. The summed E-state index contributed by atoms with van der Waals surface area (Å²) in [6.45, 7) is 4.92. The number of aryl methyl sites for hydroxylation is 1. The van der Waals surface area contributed by atoms with Crippen molar-refractivity contribution in [3.63, 3.8) is 0 Å². The Kier molecular flexibility index (Phi) is 3.24. The summed E-state index contributed by atoms with van der Waals surface area (Å²) in [5, 5.41) is 9.23. The highest BCUT2D eigenvalue weighted by Gasteiger charge is 2.34. The Balaban J connectivity index is 1.93. The maximum absolute atomic E-state index is 8.72. The first-order valence-electron chi connectivity index (χ1n) is 6.13. The van der Waals surface area contributed by atoms with Gasteiger partial charge in [0.15, 0.2) is 0 Å². The van der Waals surface area contributed by atoms with Gasteiger partial charge in [-0.05, 0) is 25.5 Å². The molecule has 0 saturated carbocycles. The largest absolute Gasteiger partial charge is 0.332 e. The third-order valence-corrected chi connectivity index (χ3v) is 4.56. The average Bonchev–Trinajstić information content (AvgIpc) is 2.71. The minimum absolute atomic E-state index is 0.192. The summed E-state index contributed by atoms with van der Waals surface area (Å²) in [4.78, 5) is 12.2. The molecule has 0 aliphatic carbocycles. The van der Waals surface area contributed by atoms with E-state index in [1.807, 2.05) is 19.2 Å². The number of nitrogens with zero attached hydrogens (tertiary/aromatic N) is 5. The van der Waals surface area contributed by atoms with Crippen LogP contribution in [0.3, 0.4) is 0 Å². The van der Waals surface area contributed by atoms with E-state index in [4.69, 9.17) is 16.9 Å². The Morgan fingerprint density at radius 3 is 3.00 bits per heavy atom. The average molecular weight is 306 g/mol. The van der Waals surface area contributed by atoms with Crippen molar-refractivity contribution < 1.29 is 0 Å². The zero-order valence-electron chi connectivity index (χ0n) is 11.0. The van der Waals surface area contributed by atoms with Crippen LogP contribution in [0.5, 0.6) is 0 Å². The molecule has 1 unspecified atom stereocenters. The lowest BCUT2D eigenvalue weighted by Gasteiger charge is -2.42. The number of hydrogen-bond donors (Lipinski definition) is 0. The van der Waals surface area contributed by atoms with Gasteiger partial charge in [-0.15, -0.1) is 4.99 Å². The predicted molar refractivity (Wildman–Crippen MR) is 78.4 cm³/mol. The molecule has 0 N–H and O–H groups in total. The number of halogens is 1. The van der Waals surface area contributed by atoms with E-state index in [1.165, 1.54) is 4.88 Å². The molecule has 0 radical (unpaired) electrons. The molecule has 7 heteroatoms. The van der Waals surface area contributed by atoms with Crippen molar-refractivity contribution in [3.05, 3.63) is 38.7 Å². The topological polar surface area (TPSA) is 57.2 Å². The van der Waals surface area contributed by atoms with Gasteiger partial charge in [-0.1, -0.05) is 29.0 Å². The zero-order chi connectivity index (χ0) is 14.3. The predicted octanol–water partition coefficient (Wildman–Crippen LogP) is 2.83. The lowest BCUT2D eigenvalue weighted by atomic mass is 10.2. The van der Waals surface area contributed by atoms with Crippen LogP contribution >= 0.6 is 22.9 Å². The first-order valence-corrected chi connectivity index (χ1v) is 7.33. The summed E-state index contributed by atoms with van der Waals surface area (Å²) in [6.07, 6.45) is 3.85. The third kappa shape index (κ3) is 1.99. The molecule has 1 aliphatic rings. The number of rotatable bonds is 2. The summed E-state index contributed by atoms with van der Waals surface area (Å²) in [5.74, 6) is 1.13. The molecule has 2 aromatic rings. The van der Waals surface area contributed by atoms with Crippen molar-refractivity contribution in [2.75, 3.05) is 4.90 Å². The van der Waals surface area contributed by atoms with E-state index in [9.17, 15) is 0 Å². The number of nitriles is 1. The Bertz CT molecular complexity index is 753. The van der Waals surface area contributed by atoms with E-state index in [1.54, 1.807) is 23.6 Å². The molecule has 0 saturated heterocycles. The van der Waals surface area contributed by atoms with Gasteiger partial charge in [0.1, 0.15) is 17.1 Å². The van der Waals surface area contributed by atoms with Crippen LogP contribution < -0.4 is 9.70 Å². The smallest absolute Gasteiger partial charge is 0.208 e. The van der Waals surface area contributed by atoms with E-state index >= 15 is 0 Å². The van der Waals surface area contributed by atoms with Crippen LogP contribution in [-0.4, -0.2) is 9.55 Å². The van der Waals surface area contributed by atoms with Crippen molar-refractivity contribution in [1.29, 1.82) is 5.26 Å². The van der Waals surface area contributed by atoms with E-state index < -0.39 is 0 Å². The lowest BCUT2D eigenvalue weighted by molar-refractivity contribution is 0.409. The number of thiazole rings is 1. The van der Waals surface area contributed by atoms with Crippen LogP contribution in [0.25, 0.3) is 0 Å². The van der Waals surface area contributed by atoms with E-state index in [2.05, 4.69) is 26.4 Å². The third-order valence-electron chi connectivity index (χ3n) is 3.38. The summed E-state index contributed by atoms with van der Waals surface area (Å²) >= 11 is 7.34. The molecule has 20 heavy (non-hydrogen) atoms. The molecule has 0 amide bonds. The van der Waals surface area contributed by atoms with Crippen molar-refractivity contribution in [2.24, 2.45) is 4.99 Å². The molecular formula is C13H12ClN5S. The van der Waals surface area contributed by atoms with Crippen LogP contribution in [-0.2, 0) is 6.54 Å². The monoisotopic (exact) mass is 305 g/mol. The Hall–Kier alpha value is -1.84. The molecule has 1 atom stereocenters. The number of hydrogen-bond acceptors (Lipinski definition) is 5. The molecule has 1 aliphatic heterocycles. The fourth-order valence-electron chi connectivity index (χ4n) is 2.45. The first kappa shape index (κ1) is 13.2.